The van der Waals surface area contributed by atoms with Crippen LogP contribution in [0, 0.1) is 57.2 Å². The fourth-order valence-corrected chi connectivity index (χ4v) is 11.4. The Bertz CT molecular complexity index is 760. The fourth-order valence-electron chi connectivity index (χ4n) is 11.4. The van der Waals surface area contributed by atoms with Gasteiger partial charge in [0.15, 0.2) is 0 Å². The normalized spacial score (nSPS) is 57.5. The molecule has 2 N–H and O–H groups in total. The van der Waals surface area contributed by atoms with Crippen molar-refractivity contribution in [3.63, 3.8) is 0 Å². The van der Waals surface area contributed by atoms with Crippen molar-refractivity contribution in [2.75, 3.05) is 6.61 Å². The van der Waals surface area contributed by atoms with E-state index in [-0.39, 0.29) is 11.5 Å². The first-order valence-corrected chi connectivity index (χ1v) is 14.0. The predicted octanol–water partition coefficient (Wildman–Crippen LogP) is 7.00. The molecule has 5 saturated carbocycles. The molecule has 0 spiro atoms. The SMILES string of the molecule is C=C(C)C1CCC[C@]2(CO)CC[C@]3(C)C(CCC4[C@@]5(C)CC[C@H](O)[C@H](C)C5CC[C@]43C)C12. The summed E-state index contributed by atoms with van der Waals surface area (Å²) in [6.07, 6.45) is 13.7. The van der Waals surface area contributed by atoms with Gasteiger partial charge in [-0.3, -0.25) is 0 Å². The lowest BCUT2D eigenvalue weighted by Crippen LogP contribution is -2.66. The second-order valence-electron chi connectivity index (χ2n) is 14.1. The van der Waals surface area contributed by atoms with Crippen molar-refractivity contribution in [2.24, 2.45) is 57.2 Å². The van der Waals surface area contributed by atoms with Crippen molar-refractivity contribution in [3.8, 4) is 0 Å². The van der Waals surface area contributed by atoms with Crippen molar-refractivity contribution >= 4 is 0 Å². The summed E-state index contributed by atoms with van der Waals surface area (Å²) < 4.78 is 0. The van der Waals surface area contributed by atoms with E-state index in [1.54, 1.807) is 0 Å². The molecule has 0 amide bonds. The average molecular weight is 443 g/mol. The highest BCUT2D eigenvalue weighted by Crippen LogP contribution is 2.76. The van der Waals surface area contributed by atoms with Crippen LogP contribution in [0.25, 0.3) is 0 Å². The lowest BCUT2D eigenvalue weighted by molar-refractivity contribution is -0.247. The standard InChI is InChI=1S/C30H50O2/c1-19(2)21-8-7-13-30(18-31)17-16-28(5)23(26(21)30)9-10-25-27(4)14-12-24(32)20(3)22(27)11-15-29(25,28)6/h20-26,31-32H,1,7-18H2,2-6H3/t20-,21?,22?,23?,24+,25?,26?,27+,28-,29-,30-/m1/s1. The molecule has 5 fully saturated rings. The molecule has 182 valence electrons. The van der Waals surface area contributed by atoms with Crippen LogP contribution in [-0.2, 0) is 0 Å². The van der Waals surface area contributed by atoms with Gasteiger partial charge in [-0.05, 0) is 128 Å². The zero-order valence-corrected chi connectivity index (χ0v) is 21.6. The van der Waals surface area contributed by atoms with Gasteiger partial charge in [0.2, 0.25) is 0 Å². The summed E-state index contributed by atoms with van der Waals surface area (Å²) in [5.41, 5.74) is 2.62. The maximum Gasteiger partial charge on any atom is 0.0568 e. The molecule has 2 nitrogen and oxygen atoms in total. The highest BCUT2D eigenvalue weighted by atomic mass is 16.3. The summed E-state index contributed by atoms with van der Waals surface area (Å²) in [6, 6.07) is 0. The number of aliphatic hydroxyl groups is 2. The van der Waals surface area contributed by atoms with Gasteiger partial charge in [0.1, 0.15) is 0 Å². The molecule has 0 aliphatic heterocycles. The molecule has 32 heavy (non-hydrogen) atoms. The van der Waals surface area contributed by atoms with Crippen LogP contribution in [0.1, 0.15) is 105 Å². The van der Waals surface area contributed by atoms with Gasteiger partial charge in [0, 0.05) is 6.61 Å². The van der Waals surface area contributed by atoms with E-state index in [1.807, 2.05) is 0 Å². The number of rotatable bonds is 2. The van der Waals surface area contributed by atoms with Crippen LogP contribution in [0.2, 0.25) is 0 Å². The van der Waals surface area contributed by atoms with E-state index in [4.69, 9.17) is 0 Å². The summed E-state index contributed by atoms with van der Waals surface area (Å²) in [5, 5.41) is 21.4. The van der Waals surface area contributed by atoms with Crippen molar-refractivity contribution < 1.29 is 10.2 Å². The maximum atomic E-state index is 10.7. The highest BCUT2D eigenvalue weighted by Gasteiger charge is 2.69. The molecule has 0 aromatic carbocycles. The average Bonchev–Trinajstić information content (AvgIpc) is 2.76. The van der Waals surface area contributed by atoms with Crippen molar-refractivity contribution in [1.29, 1.82) is 0 Å². The second kappa shape index (κ2) is 7.58. The van der Waals surface area contributed by atoms with Crippen molar-refractivity contribution in [2.45, 2.75) is 111 Å². The molecule has 5 aliphatic rings. The predicted molar refractivity (Wildman–Crippen MR) is 132 cm³/mol. The van der Waals surface area contributed by atoms with Crippen LogP contribution in [-0.4, -0.2) is 22.9 Å². The zero-order valence-electron chi connectivity index (χ0n) is 21.6. The van der Waals surface area contributed by atoms with Gasteiger partial charge >= 0.3 is 0 Å². The quantitative estimate of drug-likeness (QED) is 0.452. The van der Waals surface area contributed by atoms with E-state index in [0.29, 0.717) is 46.5 Å². The van der Waals surface area contributed by atoms with E-state index in [1.165, 1.54) is 69.8 Å². The highest BCUT2D eigenvalue weighted by molar-refractivity contribution is 5.20. The first-order chi connectivity index (χ1) is 15.0. The molecule has 0 saturated heterocycles. The molecular formula is C30H50O2. The van der Waals surface area contributed by atoms with Crippen LogP contribution in [0.4, 0.5) is 0 Å². The molecule has 0 bridgehead atoms. The van der Waals surface area contributed by atoms with Gasteiger partial charge in [-0.15, -0.1) is 0 Å². The lowest BCUT2D eigenvalue weighted by atomic mass is 9.32. The summed E-state index contributed by atoms with van der Waals surface area (Å²) in [5.74, 6) is 3.84. The van der Waals surface area contributed by atoms with Gasteiger partial charge in [-0.25, -0.2) is 0 Å². The molecule has 0 aromatic heterocycles. The molecule has 0 radical (unpaired) electrons. The molecule has 5 rings (SSSR count). The minimum Gasteiger partial charge on any atom is -0.396 e. The first-order valence-electron chi connectivity index (χ1n) is 14.0. The third-order valence-corrected chi connectivity index (χ3v) is 13.4. The molecule has 5 unspecified atom stereocenters. The Kier molecular flexibility index (Phi) is 5.54. The number of hydrogen-bond acceptors (Lipinski definition) is 2. The minimum absolute atomic E-state index is 0.0947. The Labute approximate surface area is 197 Å². The summed E-state index contributed by atoms with van der Waals surface area (Å²) in [6.45, 7) is 17.4. The minimum atomic E-state index is -0.0947. The van der Waals surface area contributed by atoms with Gasteiger partial charge in [-0.2, -0.15) is 0 Å². The zero-order chi connectivity index (χ0) is 23.1. The van der Waals surface area contributed by atoms with Crippen LogP contribution in [0.3, 0.4) is 0 Å². The fraction of sp³-hybridized carbons (Fsp3) is 0.933. The topological polar surface area (TPSA) is 40.5 Å². The number of fused-ring (bicyclic) bond motifs is 7. The number of aliphatic hydroxyl groups excluding tert-OH is 2. The summed E-state index contributed by atoms with van der Waals surface area (Å²) in [7, 11) is 0. The van der Waals surface area contributed by atoms with Crippen LogP contribution < -0.4 is 0 Å². The third-order valence-electron chi connectivity index (χ3n) is 13.4. The molecule has 0 heterocycles. The largest absolute Gasteiger partial charge is 0.396 e. The maximum absolute atomic E-state index is 10.7. The molecular weight excluding hydrogens is 392 g/mol. The van der Waals surface area contributed by atoms with Crippen LogP contribution in [0.5, 0.6) is 0 Å². The Morgan fingerprint density at radius 2 is 1.62 bits per heavy atom. The van der Waals surface area contributed by atoms with E-state index < -0.39 is 0 Å². The number of hydrogen-bond donors (Lipinski definition) is 2. The molecule has 11 atom stereocenters. The monoisotopic (exact) mass is 442 g/mol. The van der Waals surface area contributed by atoms with E-state index in [2.05, 4.69) is 41.2 Å². The van der Waals surface area contributed by atoms with Gasteiger partial charge in [-0.1, -0.05) is 46.3 Å². The molecule has 0 aromatic rings. The van der Waals surface area contributed by atoms with Gasteiger partial charge in [0.05, 0.1) is 6.10 Å². The van der Waals surface area contributed by atoms with Gasteiger partial charge < -0.3 is 10.2 Å². The smallest absolute Gasteiger partial charge is 0.0568 e. The summed E-state index contributed by atoms with van der Waals surface area (Å²) >= 11 is 0. The van der Waals surface area contributed by atoms with Crippen molar-refractivity contribution in [3.05, 3.63) is 12.2 Å². The van der Waals surface area contributed by atoms with E-state index in [9.17, 15) is 10.2 Å². The lowest BCUT2D eigenvalue weighted by Gasteiger charge is -2.73. The third kappa shape index (κ3) is 2.84. The summed E-state index contributed by atoms with van der Waals surface area (Å²) in [4.78, 5) is 0. The van der Waals surface area contributed by atoms with Gasteiger partial charge in [0.25, 0.3) is 0 Å². The Hall–Kier alpha value is -0.340. The Morgan fingerprint density at radius 3 is 2.31 bits per heavy atom. The molecule has 5 aliphatic carbocycles. The van der Waals surface area contributed by atoms with Crippen molar-refractivity contribution in [1.82, 2.24) is 0 Å². The number of allylic oxidation sites excluding steroid dienone is 1. The first kappa shape index (κ1) is 23.4. The Balaban J connectivity index is 1.55. The Morgan fingerprint density at radius 1 is 0.875 bits per heavy atom. The molecule has 2 heteroatoms. The van der Waals surface area contributed by atoms with E-state index >= 15 is 0 Å². The van der Waals surface area contributed by atoms with Crippen LogP contribution in [0.15, 0.2) is 12.2 Å². The van der Waals surface area contributed by atoms with E-state index in [0.717, 1.165) is 18.3 Å². The van der Waals surface area contributed by atoms with Crippen LogP contribution >= 0.6 is 0 Å². The second-order valence-corrected chi connectivity index (χ2v) is 14.1.